The second-order valence-corrected chi connectivity index (χ2v) is 10.7. The van der Waals surface area contributed by atoms with Crippen LogP contribution in [0.3, 0.4) is 0 Å². The van der Waals surface area contributed by atoms with Crippen LogP contribution in [0.1, 0.15) is 30.9 Å². The molecule has 9 heteroatoms. The molecule has 0 radical (unpaired) electrons. The summed E-state index contributed by atoms with van der Waals surface area (Å²) in [6, 6.07) is 16.7. The average Bonchev–Trinajstić information content (AvgIpc) is 3.43. The number of hydrogen-bond donors (Lipinski definition) is 1. The number of thiophene rings is 1. The minimum atomic E-state index is -3.89. The van der Waals surface area contributed by atoms with E-state index in [9.17, 15) is 8.42 Å². The van der Waals surface area contributed by atoms with Gasteiger partial charge in [-0.2, -0.15) is 4.52 Å². The molecule has 0 saturated heterocycles. The maximum atomic E-state index is 13.4. The van der Waals surface area contributed by atoms with Crippen molar-refractivity contribution in [2.45, 2.75) is 36.6 Å². The van der Waals surface area contributed by atoms with Crippen molar-refractivity contribution < 1.29 is 8.42 Å². The lowest BCUT2D eigenvalue weighted by molar-refractivity contribution is 0.592. The summed E-state index contributed by atoms with van der Waals surface area (Å²) in [7, 11) is -3.89. The van der Waals surface area contributed by atoms with Crippen LogP contribution in [0.5, 0.6) is 0 Å². The molecule has 5 rings (SSSR count). The predicted molar refractivity (Wildman–Crippen MR) is 127 cm³/mol. The number of fused-ring (bicyclic) bond motifs is 3. The topological polar surface area (TPSA) is 89.2 Å². The molecule has 0 unspecified atom stereocenters. The summed E-state index contributed by atoms with van der Waals surface area (Å²) in [5.41, 5.74) is 4.03. The van der Waals surface area contributed by atoms with E-state index in [2.05, 4.69) is 34.5 Å². The summed E-state index contributed by atoms with van der Waals surface area (Å²) in [6.07, 6.45) is 0. The van der Waals surface area contributed by atoms with Crippen LogP contribution in [0.4, 0.5) is 11.5 Å². The van der Waals surface area contributed by atoms with Crippen LogP contribution in [-0.4, -0.2) is 28.2 Å². The first-order chi connectivity index (χ1) is 15.3. The summed E-state index contributed by atoms with van der Waals surface area (Å²) < 4.78 is 29.2. The lowest BCUT2D eigenvalue weighted by Crippen LogP contribution is -2.05. The summed E-state index contributed by atoms with van der Waals surface area (Å²) in [4.78, 5) is 4.82. The number of anilines is 2. The van der Waals surface area contributed by atoms with Crippen molar-refractivity contribution in [2.75, 3.05) is 5.32 Å². The van der Waals surface area contributed by atoms with Gasteiger partial charge < -0.3 is 5.32 Å². The molecule has 3 heterocycles. The Labute approximate surface area is 189 Å². The molecule has 5 aromatic rings. The molecule has 1 N–H and O–H groups in total. The van der Waals surface area contributed by atoms with E-state index in [4.69, 9.17) is 0 Å². The van der Waals surface area contributed by atoms with E-state index in [1.54, 1.807) is 12.1 Å². The van der Waals surface area contributed by atoms with Gasteiger partial charge in [-0.05, 0) is 54.1 Å². The van der Waals surface area contributed by atoms with E-state index < -0.39 is 9.84 Å². The zero-order valence-electron chi connectivity index (χ0n) is 17.8. The van der Waals surface area contributed by atoms with Crippen molar-refractivity contribution in [1.29, 1.82) is 0 Å². The van der Waals surface area contributed by atoms with E-state index in [1.165, 1.54) is 15.9 Å². The Bertz CT molecular complexity index is 1530. The van der Waals surface area contributed by atoms with Gasteiger partial charge >= 0.3 is 0 Å². The molecule has 0 aliphatic heterocycles. The number of hydrogen-bond acceptors (Lipinski definition) is 7. The van der Waals surface area contributed by atoms with Crippen LogP contribution in [0.2, 0.25) is 0 Å². The van der Waals surface area contributed by atoms with Crippen LogP contribution < -0.4 is 5.32 Å². The van der Waals surface area contributed by atoms with Gasteiger partial charge in [-0.3, -0.25) is 0 Å². The van der Waals surface area contributed by atoms with Gasteiger partial charge in [-0.1, -0.05) is 48.9 Å². The molecule has 3 aromatic heterocycles. The fourth-order valence-electron chi connectivity index (χ4n) is 3.50. The van der Waals surface area contributed by atoms with Gasteiger partial charge in [-0.15, -0.1) is 16.4 Å². The highest BCUT2D eigenvalue weighted by molar-refractivity contribution is 7.91. The van der Waals surface area contributed by atoms with Gasteiger partial charge in [0, 0.05) is 5.69 Å². The van der Waals surface area contributed by atoms with Crippen LogP contribution >= 0.6 is 11.3 Å². The van der Waals surface area contributed by atoms with Gasteiger partial charge in [0.1, 0.15) is 0 Å². The fraction of sp³-hybridized carbons (Fsp3) is 0.174. The second kappa shape index (κ2) is 7.68. The first kappa shape index (κ1) is 20.6. The molecule has 0 bridgehead atoms. The Balaban J connectivity index is 1.65. The van der Waals surface area contributed by atoms with Crippen molar-refractivity contribution in [3.8, 4) is 0 Å². The SMILES string of the molecule is Cc1ccc(Nc2nc3c(S(=O)(=O)c4ccc(C(C)C)cc4)nnn3c3ccsc23)cc1. The third kappa shape index (κ3) is 3.43. The quantitative estimate of drug-likeness (QED) is 0.378. The molecule has 162 valence electrons. The van der Waals surface area contributed by atoms with Crippen molar-refractivity contribution in [1.82, 2.24) is 19.8 Å². The second-order valence-electron chi connectivity index (χ2n) is 7.94. The van der Waals surface area contributed by atoms with E-state index in [-0.39, 0.29) is 15.6 Å². The van der Waals surface area contributed by atoms with Crippen molar-refractivity contribution in [3.63, 3.8) is 0 Å². The lowest BCUT2D eigenvalue weighted by Gasteiger charge is -2.09. The minimum absolute atomic E-state index is 0.158. The van der Waals surface area contributed by atoms with Gasteiger partial charge in [0.15, 0.2) is 11.5 Å². The molecule has 0 amide bonds. The molecule has 0 fully saturated rings. The van der Waals surface area contributed by atoms with E-state index >= 15 is 0 Å². The number of nitrogens with zero attached hydrogens (tertiary/aromatic N) is 4. The maximum absolute atomic E-state index is 13.4. The molecule has 0 spiro atoms. The first-order valence-corrected chi connectivity index (χ1v) is 12.5. The third-order valence-electron chi connectivity index (χ3n) is 5.35. The molecular formula is C23H21N5O2S2. The monoisotopic (exact) mass is 463 g/mol. The van der Waals surface area contributed by atoms with Gasteiger partial charge in [-0.25, -0.2) is 13.4 Å². The lowest BCUT2D eigenvalue weighted by atomic mass is 10.0. The number of sulfone groups is 1. The molecule has 0 aliphatic carbocycles. The molecule has 0 atom stereocenters. The highest BCUT2D eigenvalue weighted by Crippen LogP contribution is 2.33. The molecule has 2 aromatic carbocycles. The average molecular weight is 464 g/mol. The zero-order chi connectivity index (χ0) is 22.5. The summed E-state index contributed by atoms with van der Waals surface area (Å²) in [5, 5.41) is 13.2. The van der Waals surface area contributed by atoms with Crippen LogP contribution in [0.25, 0.3) is 15.9 Å². The number of rotatable bonds is 5. The highest BCUT2D eigenvalue weighted by Gasteiger charge is 2.27. The van der Waals surface area contributed by atoms with Crippen LogP contribution in [-0.2, 0) is 9.84 Å². The van der Waals surface area contributed by atoms with Gasteiger partial charge in [0.2, 0.25) is 14.9 Å². The number of nitrogens with one attached hydrogen (secondary N) is 1. The van der Waals surface area contributed by atoms with E-state index in [0.29, 0.717) is 11.7 Å². The number of aromatic nitrogens is 4. The Morgan fingerprint density at radius 3 is 2.41 bits per heavy atom. The summed E-state index contributed by atoms with van der Waals surface area (Å²) in [6.45, 7) is 6.15. The molecule has 32 heavy (non-hydrogen) atoms. The summed E-state index contributed by atoms with van der Waals surface area (Å²) >= 11 is 1.51. The van der Waals surface area contributed by atoms with E-state index in [0.717, 1.165) is 27.0 Å². The van der Waals surface area contributed by atoms with Gasteiger partial charge in [0.25, 0.3) is 0 Å². The highest BCUT2D eigenvalue weighted by atomic mass is 32.2. The Morgan fingerprint density at radius 1 is 1.00 bits per heavy atom. The Morgan fingerprint density at radius 2 is 1.72 bits per heavy atom. The Hall–Kier alpha value is -3.30. The predicted octanol–water partition coefficient (Wildman–Crippen LogP) is 5.35. The van der Waals surface area contributed by atoms with E-state index in [1.807, 2.05) is 54.8 Å². The Kier molecular flexibility index (Phi) is 4.94. The largest absolute Gasteiger partial charge is 0.339 e. The normalized spacial score (nSPS) is 12.1. The number of aryl methyl sites for hydroxylation is 1. The molecule has 0 saturated carbocycles. The van der Waals surface area contributed by atoms with Crippen molar-refractivity contribution in [2.24, 2.45) is 0 Å². The van der Waals surface area contributed by atoms with Crippen LogP contribution in [0, 0.1) is 6.92 Å². The standard InChI is InChI=1S/C23H21N5O2S2/c1-14(2)16-6-10-18(11-7-16)32(29,30)23-22-25-21(24-17-8-4-15(3)5-9-17)20-19(12-13-31-20)28(22)27-26-23/h4-14H,1-3H3,(H,24,25). The van der Waals surface area contributed by atoms with Crippen molar-refractivity contribution >= 4 is 48.5 Å². The zero-order valence-corrected chi connectivity index (χ0v) is 19.4. The number of benzene rings is 2. The maximum Gasteiger partial charge on any atom is 0.229 e. The molecular weight excluding hydrogens is 442 g/mol. The fourth-order valence-corrected chi connectivity index (χ4v) is 5.55. The van der Waals surface area contributed by atoms with Gasteiger partial charge in [0.05, 0.1) is 15.1 Å². The van der Waals surface area contributed by atoms with Crippen molar-refractivity contribution in [3.05, 3.63) is 71.1 Å². The summed E-state index contributed by atoms with van der Waals surface area (Å²) in [5.74, 6) is 0.881. The smallest absolute Gasteiger partial charge is 0.229 e. The third-order valence-corrected chi connectivity index (χ3v) is 7.92. The first-order valence-electron chi connectivity index (χ1n) is 10.2. The van der Waals surface area contributed by atoms with Crippen LogP contribution in [0.15, 0.2) is 69.9 Å². The minimum Gasteiger partial charge on any atom is -0.339 e. The molecule has 0 aliphatic rings. The molecule has 7 nitrogen and oxygen atoms in total.